The second kappa shape index (κ2) is 56.5. The fraction of sp³-hybridized carbons (Fsp3) is 0.571. The smallest absolute Gasteiger partial charge is 0.0623 e. The van der Waals surface area contributed by atoms with Crippen LogP contribution >= 0.6 is 0 Å². The molecule has 0 spiro atoms. The molecule has 1 aromatic rings. The summed E-state index contributed by atoms with van der Waals surface area (Å²) in [5, 5.41) is 0. The summed E-state index contributed by atoms with van der Waals surface area (Å²) in [6.45, 7) is 16.0. The molecule has 0 radical (unpaired) electrons. The van der Waals surface area contributed by atoms with Gasteiger partial charge in [0.15, 0.2) is 0 Å². The maximum Gasteiger partial charge on any atom is -0.0623 e. The van der Waals surface area contributed by atoms with E-state index in [2.05, 4.69) is 0 Å². The van der Waals surface area contributed by atoms with Crippen LogP contribution in [0.15, 0.2) is 36.4 Å². The number of benzene rings is 1. The number of rotatable bonds is 0. The Hall–Kier alpha value is -0.780. The van der Waals surface area contributed by atoms with E-state index in [0.29, 0.717) is 0 Å². The van der Waals surface area contributed by atoms with Gasteiger partial charge in [-0.05, 0) is 0 Å². The van der Waals surface area contributed by atoms with E-state index in [0.717, 1.165) is 0 Å². The summed E-state index contributed by atoms with van der Waals surface area (Å²) in [5.41, 5.74) is 0. The molecule has 14 heavy (non-hydrogen) atoms. The highest BCUT2D eigenvalue weighted by Crippen LogP contribution is 1.79. The molecule has 86 valence electrons. The quantitative estimate of drug-likeness (QED) is 0.495. The molecule has 1 rings (SSSR count). The van der Waals surface area contributed by atoms with Crippen LogP contribution in [0.3, 0.4) is 0 Å². The van der Waals surface area contributed by atoms with Gasteiger partial charge in [0.05, 0.1) is 0 Å². The summed E-state index contributed by atoms with van der Waals surface area (Å²) in [5.74, 6) is 0. The topological polar surface area (TPSA) is 0 Å². The van der Waals surface area contributed by atoms with Crippen molar-refractivity contribution < 1.29 is 0 Å². The van der Waals surface area contributed by atoms with E-state index in [1.165, 1.54) is 0 Å². The summed E-state index contributed by atoms with van der Waals surface area (Å²) >= 11 is 0. The summed E-state index contributed by atoms with van der Waals surface area (Å²) < 4.78 is 0. The average Bonchev–Trinajstić information content (AvgIpc) is 2.41. The predicted molar refractivity (Wildman–Crippen MR) is 71.8 cm³/mol. The Morgan fingerprint density at radius 2 is 0.357 bits per heavy atom. The minimum absolute atomic E-state index is 2.00. The van der Waals surface area contributed by atoms with E-state index >= 15 is 0 Å². The average molecular weight is 198 g/mol. The van der Waals surface area contributed by atoms with Gasteiger partial charge in [-0.25, -0.2) is 0 Å². The van der Waals surface area contributed by atoms with Gasteiger partial charge < -0.3 is 0 Å². The van der Waals surface area contributed by atoms with E-state index < -0.39 is 0 Å². The molecule has 0 saturated heterocycles. The van der Waals surface area contributed by atoms with E-state index in [-0.39, 0.29) is 0 Å². The molecule has 0 heteroatoms. The van der Waals surface area contributed by atoms with Crippen LogP contribution in [0.2, 0.25) is 0 Å². The molecule has 0 nitrogen and oxygen atoms in total. The van der Waals surface area contributed by atoms with Gasteiger partial charge in [-0.1, -0.05) is 91.8 Å². The number of hydrogen-bond donors (Lipinski definition) is 0. The van der Waals surface area contributed by atoms with Gasteiger partial charge >= 0.3 is 0 Å². The monoisotopic (exact) mass is 198 g/mol. The first-order valence-electron chi connectivity index (χ1n) is 6.00. The Kier molecular flexibility index (Phi) is 93.6. The van der Waals surface area contributed by atoms with Crippen molar-refractivity contribution in [1.82, 2.24) is 0 Å². The maximum atomic E-state index is 2.00. The number of hydrogen-bond acceptors (Lipinski definition) is 0. The largest absolute Gasteiger partial charge is 0.0683 e. The summed E-state index contributed by atoms with van der Waals surface area (Å²) in [6, 6.07) is 12.0. The van der Waals surface area contributed by atoms with Crippen molar-refractivity contribution in [3.05, 3.63) is 36.4 Å². The molecule has 0 heterocycles. The van der Waals surface area contributed by atoms with Gasteiger partial charge in [0, 0.05) is 0 Å². The van der Waals surface area contributed by atoms with Crippen molar-refractivity contribution in [3.63, 3.8) is 0 Å². The molecule has 0 atom stereocenters. The van der Waals surface area contributed by atoms with Crippen LogP contribution in [0.1, 0.15) is 55.4 Å². The summed E-state index contributed by atoms with van der Waals surface area (Å²) in [6.07, 6.45) is 0. The minimum Gasteiger partial charge on any atom is -0.0683 e. The molecule has 0 aromatic heterocycles. The molecule has 1 aromatic carbocycles. The third kappa shape index (κ3) is 43.0. The highest BCUT2D eigenvalue weighted by molar-refractivity contribution is 4.99. The van der Waals surface area contributed by atoms with Crippen molar-refractivity contribution in [3.8, 4) is 0 Å². The Bertz CT molecular complexity index is 72.0. The lowest BCUT2D eigenvalue weighted by Gasteiger charge is -1.69. The second-order valence-electron chi connectivity index (χ2n) is 1.15. The SMILES string of the molecule is CC.CC.CC.CC.c1ccccc1. The Labute approximate surface area is 92.4 Å². The molecular formula is C14H30. The van der Waals surface area contributed by atoms with Crippen LogP contribution in [0, 0.1) is 0 Å². The van der Waals surface area contributed by atoms with Crippen LogP contribution in [-0.2, 0) is 0 Å². The normalized spacial score (nSPS) is 5.14. The van der Waals surface area contributed by atoms with Crippen molar-refractivity contribution in [2.45, 2.75) is 55.4 Å². The minimum atomic E-state index is 2.00. The zero-order chi connectivity index (χ0) is 12.2. The molecular weight excluding hydrogens is 168 g/mol. The molecule has 0 aliphatic carbocycles. The first kappa shape index (κ1) is 23.2. The first-order chi connectivity index (χ1) is 7.00. The molecule has 0 saturated carbocycles. The Morgan fingerprint density at radius 1 is 0.286 bits per heavy atom. The molecule has 0 unspecified atom stereocenters. The van der Waals surface area contributed by atoms with Gasteiger partial charge in [-0.15, -0.1) is 0 Å². The van der Waals surface area contributed by atoms with E-state index in [1.54, 1.807) is 0 Å². The Morgan fingerprint density at radius 3 is 0.429 bits per heavy atom. The molecule has 0 N–H and O–H groups in total. The van der Waals surface area contributed by atoms with Crippen molar-refractivity contribution in [1.29, 1.82) is 0 Å². The predicted octanol–water partition coefficient (Wildman–Crippen LogP) is 5.79. The molecule has 0 fully saturated rings. The van der Waals surface area contributed by atoms with E-state index in [9.17, 15) is 0 Å². The van der Waals surface area contributed by atoms with Gasteiger partial charge in [-0.3, -0.25) is 0 Å². The van der Waals surface area contributed by atoms with Gasteiger partial charge in [0.1, 0.15) is 0 Å². The third-order valence-corrected chi connectivity index (χ3v) is 0.667. The molecule has 0 amide bonds. The van der Waals surface area contributed by atoms with Crippen LogP contribution in [0.25, 0.3) is 0 Å². The van der Waals surface area contributed by atoms with Crippen molar-refractivity contribution in [2.75, 3.05) is 0 Å². The molecule has 0 aliphatic heterocycles. The van der Waals surface area contributed by atoms with Crippen LogP contribution in [0.4, 0.5) is 0 Å². The van der Waals surface area contributed by atoms with Crippen molar-refractivity contribution in [2.24, 2.45) is 0 Å². The summed E-state index contributed by atoms with van der Waals surface area (Å²) in [4.78, 5) is 0. The Balaban J connectivity index is -0.0000000542. The summed E-state index contributed by atoms with van der Waals surface area (Å²) in [7, 11) is 0. The van der Waals surface area contributed by atoms with E-state index in [4.69, 9.17) is 0 Å². The lowest BCUT2D eigenvalue weighted by Crippen LogP contribution is -1.47. The molecule has 0 aliphatic rings. The third-order valence-electron chi connectivity index (χ3n) is 0.667. The molecule has 0 bridgehead atoms. The van der Waals surface area contributed by atoms with Crippen molar-refractivity contribution >= 4 is 0 Å². The fourth-order valence-corrected chi connectivity index (χ4v) is 0.385. The maximum absolute atomic E-state index is 2.00. The van der Waals surface area contributed by atoms with Gasteiger partial charge in [0.2, 0.25) is 0 Å². The van der Waals surface area contributed by atoms with Gasteiger partial charge in [0.25, 0.3) is 0 Å². The zero-order valence-corrected chi connectivity index (χ0v) is 11.5. The van der Waals surface area contributed by atoms with Crippen LogP contribution in [0.5, 0.6) is 0 Å². The van der Waals surface area contributed by atoms with Gasteiger partial charge in [-0.2, -0.15) is 0 Å². The van der Waals surface area contributed by atoms with E-state index in [1.807, 2.05) is 91.8 Å². The highest BCUT2D eigenvalue weighted by atomic mass is 13.6. The first-order valence-corrected chi connectivity index (χ1v) is 6.00. The fourth-order valence-electron chi connectivity index (χ4n) is 0.385. The lowest BCUT2D eigenvalue weighted by atomic mass is 10.4. The van der Waals surface area contributed by atoms with Crippen LogP contribution < -0.4 is 0 Å². The standard InChI is InChI=1S/C6H6.4C2H6/c1-2-4-6-5-3-1;4*1-2/h1-6H;4*1-2H3. The second-order valence-corrected chi connectivity index (χ2v) is 1.15. The highest BCUT2D eigenvalue weighted by Gasteiger charge is 1.57. The zero-order valence-electron chi connectivity index (χ0n) is 11.5. The lowest BCUT2D eigenvalue weighted by molar-refractivity contribution is 1.50. The van der Waals surface area contributed by atoms with Crippen LogP contribution in [-0.4, -0.2) is 0 Å².